The van der Waals surface area contributed by atoms with Crippen molar-refractivity contribution in [2.45, 2.75) is 57.5 Å². The summed E-state index contributed by atoms with van der Waals surface area (Å²) in [5.41, 5.74) is 2.20. The summed E-state index contributed by atoms with van der Waals surface area (Å²) in [7, 11) is 0. The van der Waals surface area contributed by atoms with E-state index in [2.05, 4.69) is 51.2 Å². The monoisotopic (exact) mass is 399 g/mol. The zero-order chi connectivity index (χ0) is 20.1. The van der Waals surface area contributed by atoms with E-state index in [1.807, 2.05) is 19.1 Å². The Hall–Kier alpha value is -2.61. The zero-order valence-electron chi connectivity index (χ0n) is 16.6. The molecule has 2 aromatic heterocycles. The number of benzene rings is 1. The molecule has 3 aromatic rings. The summed E-state index contributed by atoms with van der Waals surface area (Å²) in [5, 5.41) is 15.9. The third kappa shape index (κ3) is 4.62. The Kier molecular flexibility index (Phi) is 6.51. The normalized spacial score (nSPS) is 12.1. The Bertz CT molecular complexity index is 950. The molecule has 1 amide bonds. The Morgan fingerprint density at radius 3 is 2.71 bits per heavy atom. The zero-order valence-corrected chi connectivity index (χ0v) is 17.4. The van der Waals surface area contributed by atoms with Crippen LogP contribution in [0.1, 0.15) is 38.0 Å². The molecule has 1 unspecified atom stereocenters. The van der Waals surface area contributed by atoms with E-state index in [0.717, 1.165) is 29.5 Å². The average molecular weight is 400 g/mol. The number of nitrogens with zero attached hydrogens (tertiary/aromatic N) is 4. The molecule has 1 N–H and O–H groups in total. The molecule has 148 valence electrons. The fourth-order valence-electron chi connectivity index (χ4n) is 2.88. The molecule has 0 saturated carbocycles. The van der Waals surface area contributed by atoms with Gasteiger partial charge in [0, 0.05) is 18.2 Å². The van der Waals surface area contributed by atoms with Crippen LogP contribution in [-0.4, -0.2) is 31.1 Å². The lowest BCUT2D eigenvalue weighted by molar-refractivity contribution is -0.115. The van der Waals surface area contributed by atoms with Gasteiger partial charge in [-0.05, 0) is 32.8 Å². The molecule has 8 heteroatoms. The summed E-state index contributed by atoms with van der Waals surface area (Å²) in [6, 6.07) is 9.91. The van der Waals surface area contributed by atoms with Crippen molar-refractivity contribution in [3.8, 4) is 11.4 Å². The molecule has 0 fully saturated rings. The number of carbonyl (C=O) groups excluding carboxylic acids is 1. The molecule has 1 aromatic carbocycles. The van der Waals surface area contributed by atoms with Crippen LogP contribution in [0.4, 0.5) is 5.82 Å². The first-order chi connectivity index (χ1) is 13.5. The number of hydrogen-bond donors (Lipinski definition) is 1. The number of aromatic nitrogens is 4. The highest BCUT2D eigenvalue weighted by molar-refractivity contribution is 8.00. The number of aryl methyl sites for hydroxylation is 2. The second-order valence-corrected chi connectivity index (χ2v) is 7.82. The second-order valence-electron chi connectivity index (χ2n) is 6.65. The smallest absolute Gasteiger partial charge is 0.239 e. The molecule has 0 spiro atoms. The van der Waals surface area contributed by atoms with Gasteiger partial charge in [0.25, 0.3) is 0 Å². The highest BCUT2D eigenvalue weighted by Gasteiger charge is 2.23. The summed E-state index contributed by atoms with van der Waals surface area (Å²) in [6.45, 7) is 8.73. The molecule has 0 aliphatic rings. The van der Waals surface area contributed by atoms with Crippen LogP contribution in [0, 0.1) is 13.8 Å². The largest absolute Gasteiger partial charge is 0.360 e. The van der Waals surface area contributed by atoms with E-state index in [9.17, 15) is 4.79 Å². The minimum atomic E-state index is -0.304. The van der Waals surface area contributed by atoms with E-state index in [4.69, 9.17) is 4.52 Å². The molecular weight excluding hydrogens is 374 g/mol. The van der Waals surface area contributed by atoms with Gasteiger partial charge in [-0.2, -0.15) is 0 Å². The Labute approximate surface area is 168 Å². The van der Waals surface area contributed by atoms with Crippen LogP contribution in [-0.2, 0) is 11.3 Å². The third-order valence-electron chi connectivity index (χ3n) is 4.23. The van der Waals surface area contributed by atoms with Crippen molar-refractivity contribution in [2.75, 3.05) is 5.32 Å². The predicted molar refractivity (Wildman–Crippen MR) is 110 cm³/mol. The molecule has 0 aliphatic carbocycles. The van der Waals surface area contributed by atoms with Crippen molar-refractivity contribution >= 4 is 23.5 Å². The average Bonchev–Trinajstić information content (AvgIpc) is 3.26. The van der Waals surface area contributed by atoms with Crippen LogP contribution in [0.25, 0.3) is 11.4 Å². The molecule has 28 heavy (non-hydrogen) atoms. The fourth-order valence-corrected chi connectivity index (χ4v) is 3.86. The number of anilines is 1. The molecule has 3 rings (SSSR count). The van der Waals surface area contributed by atoms with Gasteiger partial charge in [0.05, 0.1) is 5.25 Å². The minimum absolute atomic E-state index is 0.121. The van der Waals surface area contributed by atoms with E-state index in [0.29, 0.717) is 18.0 Å². The number of amides is 1. The second kappa shape index (κ2) is 9.05. The van der Waals surface area contributed by atoms with Gasteiger partial charge < -0.3 is 14.4 Å². The third-order valence-corrected chi connectivity index (χ3v) is 5.58. The van der Waals surface area contributed by atoms with Crippen LogP contribution in [0.3, 0.4) is 0 Å². The summed E-state index contributed by atoms with van der Waals surface area (Å²) in [5.74, 6) is 1.79. The summed E-state index contributed by atoms with van der Waals surface area (Å²) >= 11 is 1.43. The van der Waals surface area contributed by atoms with Crippen molar-refractivity contribution in [1.29, 1.82) is 0 Å². The quantitative estimate of drug-likeness (QED) is 0.563. The predicted octanol–water partition coefficient (Wildman–Crippen LogP) is 4.47. The van der Waals surface area contributed by atoms with E-state index in [-0.39, 0.29) is 11.2 Å². The maximum absolute atomic E-state index is 12.7. The lowest BCUT2D eigenvalue weighted by Gasteiger charge is -2.14. The lowest BCUT2D eigenvalue weighted by Crippen LogP contribution is -2.25. The van der Waals surface area contributed by atoms with Crippen molar-refractivity contribution in [3.63, 3.8) is 0 Å². The molecule has 0 bridgehead atoms. The molecule has 1 atom stereocenters. The topological polar surface area (TPSA) is 85.8 Å². The van der Waals surface area contributed by atoms with Gasteiger partial charge in [-0.25, -0.2) is 0 Å². The van der Waals surface area contributed by atoms with E-state index in [1.165, 1.54) is 17.3 Å². The minimum Gasteiger partial charge on any atom is -0.360 e. The molecule has 2 heterocycles. The van der Waals surface area contributed by atoms with Crippen LogP contribution >= 0.6 is 11.8 Å². The van der Waals surface area contributed by atoms with E-state index in [1.54, 1.807) is 13.0 Å². The van der Waals surface area contributed by atoms with E-state index >= 15 is 0 Å². The summed E-state index contributed by atoms with van der Waals surface area (Å²) in [6.07, 6.45) is 1.61. The summed E-state index contributed by atoms with van der Waals surface area (Å²) < 4.78 is 7.10. The molecule has 0 saturated heterocycles. The van der Waals surface area contributed by atoms with Crippen LogP contribution in [0.15, 0.2) is 40.0 Å². The number of thioether (sulfide) groups is 1. The van der Waals surface area contributed by atoms with Gasteiger partial charge in [0.1, 0.15) is 5.76 Å². The highest BCUT2D eigenvalue weighted by Crippen LogP contribution is 2.29. The first-order valence-electron chi connectivity index (χ1n) is 9.42. The molecule has 0 radical (unpaired) electrons. The maximum Gasteiger partial charge on any atom is 0.239 e. The van der Waals surface area contributed by atoms with Gasteiger partial charge in [-0.15, -0.1) is 10.2 Å². The molecular formula is C20H25N5O2S. The maximum atomic E-state index is 12.7. The standard InChI is InChI=1S/C20H25N5O2S/c1-5-10-25-18(15-9-7-8-13(3)11-15)22-23-20(25)28-16(6-2)19(26)21-17-12-14(4)27-24-17/h7-9,11-12,16H,5-6,10H2,1-4H3,(H,21,24,26). The van der Waals surface area contributed by atoms with E-state index < -0.39 is 0 Å². The van der Waals surface area contributed by atoms with Gasteiger partial charge >= 0.3 is 0 Å². The van der Waals surface area contributed by atoms with Crippen molar-refractivity contribution in [2.24, 2.45) is 0 Å². The Balaban J connectivity index is 1.82. The van der Waals surface area contributed by atoms with Crippen LogP contribution in [0.5, 0.6) is 0 Å². The number of rotatable bonds is 8. The van der Waals surface area contributed by atoms with Gasteiger partial charge in [-0.1, -0.05) is 54.5 Å². The first kappa shape index (κ1) is 20.1. The summed E-state index contributed by atoms with van der Waals surface area (Å²) in [4.78, 5) is 12.7. The number of hydrogen-bond acceptors (Lipinski definition) is 6. The molecule has 7 nitrogen and oxygen atoms in total. The van der Waals surface area contributed by atoms with Crippen molar-refractivity contribution < 1.29 is 9.32 Å². The van der Waals surface area contributed by atoms with Gasteiger partial charge in [0.15, 0.2) is 16.8 Å². The van der Waals surface area contributed by atoms with Gasteiger partial charge in [0.2, 0.25) is 5.91 Å². The molecule has 0 aliphatic heterocycles. The fraction of sp³-hybridized carbons (Fsp3) is 0.400. The van der Waals surface area contributed by atoms with Gasteiger partial charge in [-0.3, -0.25) is 4.79 Å². The number of carbonyl (C=O) groups is 1. The Morgan fingerprint density at radius 1 is 1.25 bits per heavy atom. The van der Waals surface area contributed by atoms with Crippen LogP contribution in [0.2, 0.25) is 0 Å². The van der Waals surface area contributed by atoms with Crippen LogP contribution < -0.4 is 5.32 Å². The number of nitrogens with one attached hydrogen (secondary N) is 1. The lowest BCUT2D eigenvalue weighted by atomic mass is 10.1. The van der Waals surface area contributed by atoms with Crippen molar-refractivity contribution in [1.82, 2.24) is 19.9 Å². The Morgan fingerprint density at radius 2 is 2.07 bits per heavy atom. The first-order valence-corrected chi connectivity index (χ1v) is 10.3. The highest BCUT2D eigenvalue weighted by atomic mass is 32.2. The van der Waals surface area contributed by atoms with Crippen molar-refractivity contribution in [3.05, 3.63) is 41.7 Å². The SMILES string of the molecule is CCCn1c(SC(CC)C(=O)Nc2cc(C)on2)nnc1-c1cccc(C)c1.